The van der Waals surface area contributed by atoms with Crippen LogP contribution in [0.25, 0.3) is 0 Å². The number of pyridine rings is 1. The Bertz CT molecular complexity index is 479. The molecule has 0 amide bonds. The van der Waals surface area contributed by atoms with Crippen molar-refractivity contribution in [3.8, 4) is 5.88 Å². The van der Waals surface area contributed by atoms with Crippen LogP contribution in [0.2, 0.25) is 0 Å². The first-order valence-corrected chi connectivity index (χ1v) is 6.49. The Hall–Kier alpha value is -1.89. The molecule has 0 aliphatic rings. The van der Waals surface area contributed by atoms with Crippen molar-refractivity contribution in [2.24, 2.45) is 11.7 Å². The van der Waals surface area contributed by atoms with Crippen LogP contribution < -0.4 is 15.8 Å². The third-order valence-corrected chi connectivity index (χ3v) is 2.98. The minimum absolute atomic E-state index is 0.0887. The number of rotatable bonds is 7. The van der Waals surface area contributed by atoms with E-state index in [0.29, 0.717) is 18.3 Å². The summed E-state index contributed by atoms with van der Waals surface area (Å²) >= 11 is 0. The quantitative estimate of drug-likeness (QED) is 0.587. The van der Waals surface area contributed by atoms with Crippen LogP contribution >= 0.6 is 0 Å². The number of hydrogen-bond acceptors (Lipinski definition) is 6. The van der Waals surface area contributed by atoms with E-state index in [4.69, 9.17) is 10.5 Å². The summed E-state index contributed by atoms with van der Waals surface area (Å²) in [6.07, 6.45) is 0.777. The van der Waals surface area contributed by atoms with Gasteiger partial charge in [-0.05, 0) is 19.3 Å². The van der Waals surface area contributed by atoms with Crippen molar-refractivity contribution >= 4 is 11.5 Å². The van der Waals surface area contributed by atoms with E-state index in [0.717, 1.165) is 6.42 Å². The summed E-state index contributed by atoms with van der Waals surface area (Å²) in [6, 6.07) is 2.84. The largest absolute Gasteiger partial charge is 0.481 e. The van der Waals surface area contributed by atoms with Gasteiger partial charge in [-0.1, -0.05) is 13.8 Å². The normalized spacial score (nSPS) is 13.9. The second kappa shape index (κ2) is 6.51. The molecule has 0 aliphatic heterocycles. The number of nitrogens with two attached hydrogens (primary N) is 1. The highest BCUT2D eigenvalue weighted by Crippen LogP contribution is 2.29. The molecule has 1 heterocycles. The van der Waals surface area contributed by atoms with E-state index in [1.54, 1.807) is 0 Å². The highest BCUT2D eigenvalue weighted by Gasteiger charge is 2.28. The van der Waals surface area contributed by atoms with E-state index in [9.17, 15) is 10.1 Å². The standard InChI is InChI=1S/C13H22N4O3/c1-9(2)7-13(3,8-14)16-12-10(17(18)19)5-6-11(15-12)20-4/h5-6,9H,7-8,14H2,1-4H3,(H,15,16). The highest BCUT2D eigenvalue weighted by molar-refractivity contribution is 5.58. The van der Waals surface area contributed by atoms with Gasteiger partial charge in [-0.25, -0.2) is 0 Å². The summed E-state index contributed by atoms with van der Waals surface area (Å²) in [4.78, 5) is 14.7. The van der Waals surface area contributed by atoms with Crippen molar-refractivity contribution in [2.45, 2.75) is 32.7 Å². The van der Waals surface area contributed by atoms with E-state index >= 15 is 0 Å². The minimum atomic E-state index is -0.471. The van der Waals surface area contributed by atoms with Crippen molar-refractivity contribution in [3.63, 3.8) is 0 Å². The predicted octanol–water partition coefficient (Wildman–Crippen LogP) is 2.17. The van der Waals surface area contributed by atoms with E-state index in [2.05, 4.69) is 24.1 Å². The van der Waals surface area contributed by atoms with E-state index in [1.807, 2.05) is 6.92 Å². The Balaban J connectivity index is 3.13. The van der Waals surface area contributed by atoms with Crippen molar-refractivity contribution in [1.82, 2.24) is 4.98 Å². The molecule has 0 saturated carbocycles. The lowest BCUT2D eigenvalue weighted by molar-refractivity contribution is -0.384. The molecular formula is C13H22N4O3. The van der Waals surface area contributed by atoms with E-state index < -0.39 is 10.5 Å². The summed E-state index contributed by atoms with van der Waals surface area (Å²) in [5.41, 5.74) is 5.26. The van der Waals surface area contributed by atoms with E-state index in [1.165, 1.54) is 19.2 Å². The third-order valence-electron chi connectivity index (χ3n) is 2.98. The highest BCUT2D eigenvalue weighted by atomic mass is 16.6. The maximum atomic E-state index is 11.1. The van der Waals surface area contributed by atoms with Gasteiger partial charge in [-0.15, -0.1) is 0 Å². The van der Waals surface area contributed by atoms with Gasteiger partial charge in [0.25, 0.3) is 0 Å². The van der Waals surface area contributed by atoms with Gasteiger partial charge < -0.3 is 15.8 Å². The zero-order valence-electron chi connectivity index (χ0n) is 12.3. The van der Waals surface area contributed by atoms with Gasteiger partial charge in [-0.2, -0.15) is 4.98 Å². The summed E-state index contributed by atoms with van der Waals surface area (Å²) in [6.45, 7) is 6.42. The molecule has 1 rings (SSSR count). The fourth-order valence-electron chi connectivity index (χ4n) is 2.16. The number of ether oxygens (including phenoxy) is 1. The fraction of sp³-hybridized carbons (Fsp3) is 0.615. The maximum Gasteiger partial charge on any atom is 0.311 e. The van der Waals surface area contributed by atoms with Crippen LogP contribution in [0, 0.1) is 16.0 Å². The zero-order chi connectivity index (χ0) is 15.3. The fourth-order valence-corrected chi connectivity index (χ4v) is 2.16. The van der Waals surface area contributed by atoms with Gasteiger partial charge in [0.15, 0.2) is 0 Å². The summed E-state index contributed by atoms with van der Waals surface area (Å²) in [7, 11) is 1.47. The van der Waals surface area contributed by atoms with Crippen LogP contribution in [0.1, 0.15) is 27.2 Å². The van der Waals surface area contributed by atoms with Crippen LogP contribution in [0.5, 0.6) is 5.88 Å². The Morgan fingerprint density at radius 3 is 2.65 bits per heavy atom. The molecular weight excluding hydrogens is 260 g/mol. The van der Waals surface area contributed by atoms with Crippen LogP contribution in [0.3, 0.4) is 0 Å². The number of nitro groups is 1. The first-order chi connectivity index (χ1) is 9.31. The summed E-state index contributed by atoms with van der Waals surface area (Å²) in [5.74, 6) is 0.908. The molecule has 0 aliphatic carbocycles. The molecule has 0 radical (unpaired) electrons. The van der Waals surface area contributed by atoms with Gasteiger partial charge in [0, 0.05) is 24.2 Å². The SMILES string of the molecule is COc1ccc([N+](=O)[O-])c(NC(C)(CN)CC(C)C)n1. The van der Waals surface area contributed by atoms with Crippen molar-refractivity contribution in [1.29, 1.82) is 0 Å². The number of aromatic nitrogens is 1. The summed E-state index contributed by atoms with van der Waals surface area (Å²) < 4.78 is 5.01. The zero-order valence-corrected chi connectivity index (χ0v) is 12.3. The Morgan fingerprint density at radius 1 is 1.55 bits per heavy atom. The Morgan fingerprint density at radius 2 is 2.20 bits per heavy atom. The molecule has 20 heavy (non-hydrogen) atoms. The number of nitrogens with zero attached hydrogens (tertiary/aromatic N) is 2. The molecule has 0 bridgehead atoms. The van der Waals surface area contributed by atoms with Gasteiger partial charge >= 0.3 is 5.69 Å². The molecule has 0 spiro atoms. The second-order valence-electron chi connectivity index (χ2n) is 5.47. The van der Waals surface area contributed by atoms with E-state index in [-0.39, 0.29) is 11.5 Å². The number of nitrogens with one attached hydrogen (secondary N) is 1. The molecule has 7 nitrogen and oxygen atoms in total. The minimum Gasteiger partial charge on any atom is -0.481 e. The second-order valence-corrected chi connectivity index (χ2v) is 5.47. The number of anilines is 1. The third kappa shape index (κ3) is 4.06. The first kappa shape index (κ1) is 16.2. The van der Waals surface area contributed by atoms with Gasteiger partial charge in [0.1, 0.15) is 0 Å². The van der Waals surface area contributed by atoms with Gasteiger partial charge in [-0.3, -0.25) is 10.1 Å². The molecule has 0 fully saturated rings. The van der Waals surface area contributed by atoms with Crippen molar-refractivity contribution < 1.29 is 9.66 Å². The smallest absolute Gasteiger partial charge is 0.311 e. The predicted molar refractivity (Wildman–Crippen MR) is 78.0 cm³/mol. The van der Waals surface area contributed by atoms with Gasteiger partial charge in [0.2, 0.25) is 11.7 Å². The molecule has 1 unspecified atom stereocenters. The van der Waals surface area contributed by atoms with Crippen LogP contribution in [-0.4, -0.2) is 29.1 Å². The number of hydrogen-bond donors (Lipinski definition) is 2. The van der Waals surface area contributed by atoms with Gasteiger partial charge in [0.05, 0.1) is 12.0 Å². The molecule has 3 N–H and O–H groups in total. The van der Waals surface area contributed by atoms with Crippen molar-refractivity contribution in [3.05, 3.63) is 22.2 Å². The average molecular weight is 282 g/mol. The lowest BCUT2D eigenvalue weighted by atomic mass is 9.90. The van der Waals surface area contributed by atoms with Crippen LogP contribution in [0.4, 0.5) is 11.5 Å². The molecule has 0 aromatic carbocycles. The first-order valence-electron chi connectivity index (χ1n) is 6.49. The van der Waals surface area contributed by atoms with Crippen LogP contribution in [-0.2, 0) is 0 Å². The summed E-state index contributed by atoms with van der Waals surface area (Å²) in [5, 5.41) is 14.2. The van der Waals surface area contributed by atoms with Crippen LogP contribution in [0.15, 0.2) is 12.1 Å². The monoisotopic (exact) mass is 282 g/mol. The number of methoxy groups -OCH3 is 1. The topological polar surface area (TPSA) is 103 Å². The molecule has 1 aromatic heterocycles. The molecule has 1 aromatic rings. The molecule has 112 valence electrons. The molecule has 1 atom stereocenters. The Kier molecular flexibility index (Phi) is 5.26. The lowest BCUT2D eigenvalue weighted by Crippen LogP contribution is -2.44. The lowest BCUT2D eigenvalue weighted by Gasteiger charge is -2.31. The molecule has 7 heteroatoms. The maximum absolute atomic E-state index is 11.1. The molecule has 0 saturated heterocycles. The average Bonchev–Trinajstić information content (AvgIpc) is 2.37. The van der Waals surface area contributed by atoms with Crippen molar-refractivity contribution in [2.75, 3.05) is 19.0 Å². The Labute approximate surface area is 118 Å².